The van der Waals surface area contributed by atoms with Gasteiger partial charge in [0.05, 0.1) is 11.3 Å². The fourth-order valence-electron chi connectivity index (χ4n) is 4.35. The SMILES string of the molecule is O=c1[nH]c(C(F)(F)F)nc2c1CN(Cc1cn(Cc3ccccc3)c3ccccc13)CC2. The van der Waals surface area contributed by atoms with Crippen molar-refractivity contribution in [3.63, 3.8) is 0 Å². The topological polar surface area (TPSA) is 53.9 Å². The average Bonchev–Trinajstić information content (AvgIpc) is 3.11. The van der Waals surface area contributed by atoms with Crippen molar-refractivity contribution in [3.8, 4) is 0 Å². The molecule has 0 aliphatic carbocycles. The van der Waals surface area contributed by atoms with Crippen LogP contribution in [0.1, 0.15) is 28.2 Å². The zero-order chi connectivity index (χ0) is 22.3. The number of para-hydroxylation sites is 1. The van der Waals surface area contributed by atoms with E-state index in [1.807, 2.05) is 35.3 Å². The highest BCUT2D eigenvalue weighted by Crippen LogP contribution is 2.28. The van der Waals surface area contributed by atoms with Gasteiger partial charge in [-0.25, -0.2) is 4.98 Å². The normalized spacial score (nSPS) is 14.6. The molecule has 164 valence electrons. The summed E-state index contributed by atoms with van der Waals surface area (Å²) in [5.41, 5.74) is 3.29. The maximum atomic E-state index is 13.0. The third-order valence-corrected chi connectivity index (χ3v) is 5.88. The number of H-pyrrole nitrogens is 1. The Labute approximate surface area is 182 Å². The number of nitrogens with zero attached hydrogens (tertiary/aromatic N) is 3. The first-order chi connectivity index (χ1) is 15.4. The van der Waals surface area contributed by atoms with E-state index in [1.165, 1.54) is 5.56 Å². The predicted octanol–water partition coefficient (Wildman–Crippen LogP) is 4.35. The molecule has 0 radical (unpaired) electrons. The lowest BCUT2D eigenvalue weighted by Crippen LogP contribution is -2.36. The Morgan fingerprint density at radius 2 is 1.75 bits per heavy atom. The van der Waals surface area contributed by atoms with Gasteiger partial charge < -0.3 is 9.55 Å². The van der Waals surface area contributed by atoms with Gasteiger partial charge in [-0.2, -0.15) is 13.2 Å². The van der Waals surface area contributed by atoms with Crippen LogP contribution in [0.25, 0.3) is 10.9 Å². The van der Waals surface area contributed by atoms with Gasteiger partial charge in [0.2, 0.25) is 5.82 Å². The molecule has 0 amide bonds. The van der Waals surface area contributed by atoms with E-state index in [0.29, 0.717) is 25.1 Å². The highest BCUT2D eigenvalue weighted by molar-refractivity contribution is 5.84. The number of hydrogen-bond acceptors (Lipinski definition) is 3. The maximum Gasteiger partial charge on any atom is 0.449 e. The van der Waals surface area contributed by atoms with Crippen LogP contribution in [0.2, 0.25) is 0 Å². The Bertz CT molecular complexity index is 1320. The van der Waals surface area contributed by atoms with Gasteiger partial charge in [0.1, 0.15) is 0 Å². The van der Waals surface area contributed by atoms with Crippen molar-refractivity contribution in [2.45, 2.75) is 32.2 Å². The second-order valence-corrected chi connectivity index (χ2v) is 8.08. The zero-order valence-electron chi connectivity index (χ0n) is 17.2. The Morgan fingerprint density at radius 1 is 1.00 bits per heavy atom. The number of nitrogens with one attached hydrogen (secondary N) is 1. The maximum absolute atomic E-state index is 13.0. The molecule has 4 aromatic rings. The highest BCUT2D eigenvalue weighted by atomic mass is 19.4. The Morgan fingerprint density at radius 3 is 2.53 bits per heavy atom. The van der Waals surface area contributed by atoms with Crippen molar-refractivity contribution in [1.29, 1.82) is 0 Å². The molecule has 0 bridgehead atoms. The standard InChI is InChI=1S/C24H21F3N4O/c25-24(26,27)23-28-20-10-11-30(15-19(20)22(32)29-23)13-17-14-31(12-16-6-2-1-3-7-16)21-9-5-4-8-18(17)21/h1-9,14H,10-13,15H2,(H,28,29,32). The monoisotopic (exact) mass is 438 g/mol. The van der Waals surface area contributed by atoms with Gasteiger partial charge in [-0.3, -0.25) is 9.69 Å². The minimum absolute atomic E-state index is 0.240. The first kappa shape index (κ1) is 20.5. The second-order valence-electron chi connectivity index (χ2n) is 8.08. The molecule has 2 aromatic carbocycles. The van der Waals surface area contributed by atoms with E-state index in [0.717, 1.165) is 23.0 Å². The minimum atomic E-state index is -4.66. The van der Waals surface area contributed by atoms with E-state index in [-0.39, 0.29) is 12.2 Å². The molecule has 0 saturated heterocycles. The molecule has 5 rings (SSSR count). The van der Waals surface area contributed by atoms with Crippen molar-refractivity contribution < 1.29 is 13.2 Å². The highest BCUT2D eigenvalue weighted by Gasteiger charge is 2.36. The lowest BCUT2D eigenvalue weighted by Gasteiger charge is -2.27. The van der Waals surface area contributed by atoms with E-state index in [9.17, 15) is 18.0 Å². The number of alkyl halides is 3. The van der Waals surface area contributed by atoms with Crippen LogP contribution in [-0.4, -0.2) is 26.0 Å². The minimum Gasteiger partial charge on any atom is -0.343 e. The molecular formula is C24H21F3N4O. The smallest absolute Gasteiger partial charge is 0.343 e. The molecule has 2 aromatic heterocycles. The van der Waals surface area contributed by atoms with E-state index in [2.05, 4.69) is 44.9 Å². The van der Waals surface area contributed by atoms with Crippen LogP contribution in [0.5, 0.6) is 0 Å². The van der Waals surface area contributed by atoms with Gasteiger partial charge in [-0.1, -0.05) is 48.5 Å². The summed E-state index contributed by atoms with van der Waals surface area (Å²) in [6.45, 7) is 2.16. The second kappa shape index (κ2) is 7.94. The molecule has 1 aliphatic heterocycles. The van der Waals surface area contributed by atoms with Crippen LogP contribution in [-0.2, 0) is 32.2 Å². The van der Waals surface area contributed by atoms with Gasteiger partial charge in [-0.15, -0.1) is 0 Å². The molecule has 0 spiro atoms. The Hall–Kier alpha value is -3.39. The van der Waals surface area contributed by atoms with Crippen LogP contribution in [0.4, 0.5) is 13.2 Å². The predicted molar refractivity (Wildman–Crippen MR) is 115 cm³/mol. The van der Waals surface area contributed by atoms with Crippen molar-refractivity contribution in [3.05, 3.63) is 99.4 Å². The molecule has 0 atom stereocenters. The van der Waals surface area contributed by atoms with Crippen molar-refractivity contribution in [1.82, 2.24) is 19.4 Å². The number of hydrogen-bond donors (Lipinski definition) is 1. The summed E-state index contributed by atoms with van der Waals surface area (Å²) in [5, 5.41) is 1.13. The number of rotatable bonds is 4. The molecule has 1 N–H and O–H groups in total. The van der Waals surface area contributed by atoms with Crippen molar-refractivity contribution >= 4 is 10.9 Å². The largest absolute Gasteiger partial charge is 0.449 e. The van der Waals surface area contributed by atoms with Crippen LogP contribution in [0.15, 0.2) is 65.6 Å². The van der Waals surface area contributed by atoms with Gasteiger partial charge in [-0.05, 0) is 17.2 Å². The molecule has 0 fully saturated rings. The van der Waals surface area contributed by atoms with Crippen LogP contribution in [0, 0.1) is 0 Å². The Kier molecular flexibility index (Phi) is 5.09. The van der Waals surface area contributed by atoms with E-state index >= 15 is 0 Å². The molecule has 8 heteroatoms. The van der Waals surface area contributed by atoms with E-state index in [1.54, 1.807) is 0 Å². The molecule has 32 heavy (non-hydrogen) atoms. The number of benzene rings is 2. The third-order valence-electron chi connectivity index (χ3n) is 5.88. The first-order valence-electron chi connectivity index (χ1n) is 10.4. The van der Waals surface area contributed by atoms with E-state index < -0.39 is 17.6 Å². The third kappa shape index (κ3) is 3.93. The molecular weight excluding hydrogens is 417 g/mol. The molecule has 1 aliphatic rings. The fraction of sp³-hybridized carbons (Fsp3) is 0.250. The van der Waals surface area contributed by atoms with Crippen molar-refractivity contribution in [2.24, 2.45) is 0 Å². The summed E-state index contributed by atoms with van der Waals surface area (Å²) in [6.07, 6.45) is -2.22. The number of fused-ring (bicyclic) bond motifs is 2. The summed E-state index contributed by atoms with van der Waals surface area (Å²) in [6, 6.07) is 18.4. The van der Waals surface area contributed by atoms with Gasteiger partial charge >= 0.3 is 6.18 Å². The quantitative estimate of drug-likeness (QED) is 0.516. The van der Waals surface area contributed by atoms with E-state index in [4.69, 9.17) is 0 Å². The number of aromatic amines is 1. The Balaban J connectivity index is 1.42. The van der Waals surface area contributed by atoms with Gasteiger partial charge in [0, 0.05) is 49.7 Å². The average molecular weight is 438 g/mol. The summed E-state index contributed by atoms with van der Waals surface area (Å²) in [5.74, 6) is -1.22. The summed E-state index contributed by atoms with van der Waals surface area (Å²) in [4.78, 5) is 20.0. The number of halogens is 3. The van der Waals surface area contributed by atoms with Crippen LogP contribution in [0.3, 0.4) is 0 Å². The van der Waals surface area contributed by atoms with Gasteiger partial charge in [0.25, 0.3) is 5.56 Å². The molecule has 0 saturated carbocycles. The van der Waals surface area contributed by atoms with Crippen LogP contribution >= 0.6 is 0 Å². The lowest BCUT2D eigenvalue weighted by molar-refractivity contribution is -0.145. The summed E-state index contributed by atoms with van der Waals surface area (Å²) in [7, 11) is 0. The summed E-state index contributed by atoms with van der Waals surface area (Å²) < 4.78 is 41.1. The molecule has 3 heterocycles. The fourth-order valence-corrected chi connectivity index (χ4v) is 4.35. The number of aromatic nitrogens is 3. The van der Waals surface area contributed by atoms with Crippen molar-refractivity contribution in [2.75, 3.05) is 6.54 Å². The van der Waals surface area contributed by atoms with Crippen LogP contribution < -0.4 is 5.56 Å². The summed E-state index contributed by atoms with van der Waals surface area (Å²) >= 11 is 0. The first-order valence-corrected chi connectivity index (χ1v) is 10.4. The lowest BCUT2D eigenvalue weighted by atomic mass is 10.1. The van der Waals surface area contributed by atoms with Gasteiger partial charge in [0.15, 0.2) is 0 Å². The molecule has 0 unspecified atom stereocenters. The zero-order valence-corrected chi connectivity index (χ0v) is 17.2. The molecule has 5 nitrogen and oxygen atoms in total.